The standard InChI is InChI=1S/C29H29FN4S/c1-17-12-18(2)14-23(13-17)33-20(4)16-24(21(33)5)28-27(26-8-6-7-11-31-26)32-29(35)34(28)22-9-10-25(30)19(3)15-22/h6-16,27-28H,1-5H3,(H,32,35)/t27-,28-/m1/s1. The number of halogens is 1. The minimum Gasteiger partial charge on any atom is -0.351 e. The van der Waals surface area contributed by atoms with Crippen molar-refractivity contribution in [3.05, 3.63) is 112 Å². The normalized spacial score (nSPS) is 17.7. The van der Waals surface area contributed by atoms with Crippen LogP contribution in [0.25, 0.3) is 5.69 Å². The van der Waals surface area contributed by atoms with E-state index in [1.165, 1.54) is 17.2 Å². The molecule has 3 heterocycles. The number of hydrogen-bond acceptors (Lipinski definition) is 2. The number of rotatable bonds is 4. The molecule has 1 fully saturated rings. The smallest absolute Gasteiger partial charge is 0.174 e. The van der Waals surface area contributed by atoms with Crippen molar-refractivity contribution < 1.29 is 4.39 Å². The van der Waals surface area contributed by atoms with Gasteiger partial charge in [0.2, 0.25) is 0 Å². The summed E-state index contributed by atoms with van der Waals surface area (Å²) in [5.74, 6) is -0.224. The Morgan fingerprint density at radius 1 is 0.886 bits per heavy atom. The summed E-state index contributed by atoms with van der Waals surface area (Å²) in [5, 5.41) is 4.11. The van der Waals surface area contributed by atoms with E-state index in [1.54, 1.807) is 19.2 Å². The second-order valence-corrected chi connectivity index (χ2v) is 9.82. The molecule has 35 heavy (non-hydrogen) atoms. The molecule has 178 valence electrons. The first-order valence-electron chi connectivity index (χ1n) is 11.8. The summed E-state index contributed by atoms with van der Waals surface area (Å²) >= 11 is 5.85. The van der Waals surface area contributed by atoms with Gasteiger partial charge in [0, 0.05) is 29.0 Å². The highest BCUT2D eigenvalue weighted by Gasteiger charge is 2.42. The van der Waals surface area contributed by atoms with Crippen molar-refractivity contribution >= 4 is 23.0 Å². The second kappa shape index (κ2) is 8.93. The second-order valence-electron chi connectivity index (χ2n) is 9.44. The van der Waals surface area contributed by atoms with Crippen LogP contribution in [0, 0.1) is 40.4 Å². The van der Waals surface area contributed by atoms with Crippen LogP contribution in [0.2, 0.25) is 0 Å². The molecule has 0 spiro atoms. The van der Waals surface area contributed by atoms with E-state index < -0.39 is 0 Å². The number of aromatic nitrogens is 2. The van der Waals surface area contributed by atoms with Crippen molar-refractivity contribution in [2.24, 2.45) is 0 Å². The van der Waals surface area contributed by atoms with Gasteiger partial charge in [-0.2, -0.15) is 0 Å². The van der Waals surface area contributed by atoms with Crippen molar-refractivity contribution in [3.8, 4) is 5.69 Å². The summed E-state index contributed by atoms with van der Waals surface area (Å²) < 4.78 is 16.4. The lowest BCUT2D eigenvalue weighted by atomic mass is 9.96. The minimum absolute atomic E-state index is 0.145. The van der Waals surface area contributed by atoms with Crippen LogP contribution in [0.5, 0.6) is 0 Å². The van der Waals surface area contributed by atoms with E-state index in [0.717, 1.165) is 34.0 Å². The zero-order chi connectivity index (χ0) is 24.9. The molecule has 0 amide bonds. The molecule has 2 atom stereocenters. The third kappa shape index (κ3) is 4.12. The molecule has 2 aromatic heterocycles. The van der Waals surface area contributed by atoms with Gasteiger partial charge in [0.05, 0.1) is 17.8 Å². The highest BCUT2D eigenvalue weighted by molar-refractivity contribution is 7.80. The van der Waals surface area contributed by atoms with Crippen LogP contribution >= 0.6 is 12.2 Å². The van der Waals surface area contributed by atoms with Crippen LogP contribution in [-0.2, 0) is 0 Å². The Morgan fingerprint density at radius 3 is 2.29 bits per heavy atom. The average molecular weight is 485 g/mol. The topological polar surface area (TPSA) is 33.1 Å². The summed E-state index contributed by atoms with van der Waals surface area (Å²) in [6.07, 6.45) is 1.81. The number of hydrogen-bond donors (Lipinski definition) is 1. The number of aryl methyl sites for hydroxylation is 4. The molecule has 1 aliphatic rings. The highest BCUT2D eigenvalue weighted by Crippen LogP contribution is 2.44. The molecule has 5 rings (SSSR count). The molecule has 1 aliphatic heterocycles. The number of thiocarbonyl (C=S) groups is 1. The van der Waals surface area contributed by atoms with Gasteiger partial charge in [-0.3, -0.25) is 4.98 Å². The molecule has 0 aliphatic carbocycles. The SMILES string of the molecule is Cc1cc(C)cc(-n2c(C)cc([C@@H]3[C@@H](c4ccccn4)NC(=S)N3c3ccc(F)c(C)c3)c2C)c1. The van der Waals surface area contributed by atoms with Crippen LogP contribution in [0.1, 0.15) is 51.4 Å². The Kier molecular flexibility index (Phi) is 5.93. The van der Waals surface area contributed by atoms with Crippen LogP contribution in [0.3, 0.4) is 0 Å². The van der Waals surface area contributed by atoms with Gasteiger partial charge in [-0.1, -0.05) is 12.1 Å². The molecule has 0 bridgehead atoms. The molecule has 2 aromatic carbocycles. The van der Waals surface area contributed by atoms with Gasteiger partial charge < -0.3 is 14.8 Å². The fourth-order valence-corrected chi connectivity index (χ4v) is 5.64. The van der Waals surface area contributed by atoms with Crippen LogP contribution in [0.15, 0.2) is 66.9 Å². The van der Waals surface area contributed by atoms with Crippen LogP contribution < -0.4 is 10.2 Å². The van der Waals surface area contributed by atoms with Crippen molar-refractivity contribution in [2.75, 3.05) is 4.90 Å². The van der Waals surface area contributed by atoms with Gasteiger partial charge in [-0.05, 0) is 118 Å². The van der Waals surface area contributed by atoms with Crippen LogP contribution in [0.4, 0.5) is 10.1 Å². The fraction of sp³-hybridized carbons (Fsp3) is 0.241. The van der Waals surface area contributed by atoms with E-state index >= 15 is 0 Å². The summed E-state index contributed by atoms with van der Waals surface area (Å²) in [6, 6.07) is 19.7. The van der Waals surface area contributed by atoms with Gasteiger partial charge in [0.1, 0.15) is 5.82 Å². The maximum absolute atomic E-state index is 14.1. The molecular formula is C29H29FN4S. The monoisotopic (exact) mass is 484 g/mol. The van der Waals surface area contributed by atoms with E-state index in [1.807, 2.05) is 24.3 Å². The Morgan fingerprint density at radius 2 is 1.63 bits per heavy atom. The quantitative estimate of drug-likeness (QED) is 0.326. The molecule has 0 saturated carbocycles. The first-order chi connectivity index (χ1) is 16.7. The molecule has 1 N–H and O–H groups in total. The molecule has 1 saturated heterocycles. The zero-order valence-corrected chi connectivity index (χ0v) is 21.4. The summed E-state index contributed by atoms with van der Waals surface area (Å²) in [6.45, 7) is 10.3. The van der Waals surface area contributed by atoms with Gasteiger partial charge in [0.25, 0.3) is 0 Å². The highest BCUT2D eigenvalue weighted by atomic mass is 32.1. The Labute approximate surface area is 211 Å². The molecule has 4 nitrogen and oxygen atoms in total. The third-order valence-corrected chi connectivity index (χ3v) is 7.09. The van der Waals surface area contributed by atoms with E-state index in [-0.39, 0.29) is 17.9 Å². The first kappa shape index (κ1) is 23.2. The van der Waals surface area contributed by atoms with Gasteiger partial charge >= 0.3 is 0 Å². The van der Waals surface area contributed by atoms with Gasteiger partial charge in [-0.25, -0.2) is 4.39 Å². The number of nitrogens with zero attached hydrogens (tertiary/aromatic N) is 3. The maximum atomic E-state index is 14.1. The van der Waals surface area contributed by atoms with Crippen molar-refractivity contribution in [2.45, 2.75) is 46.7 Å². The number of nitrogens with one attached hydrogen (secondary N) is 1. The zero-order valence-electron chi connectivity index (χ0n) is 20.6. The summed E-state index contributed by atoms with van der Waals surface area (Å²) in [5.41, 5.74) is 9.43. The van der Waals surface area contributed by atoms with E-state index in [2.05, 4.69) is 71.7 Å². The molecule has 6 heteroatoms. The largest absolute Gasteiger partial charge is 0.351 e. The summed E-state index contributed by atoms with van der Waals surface area (Å²) in [4.78, 5) is 6.76. The number of benzene rings is 2. The third-order valence-electron chi connectivity index (χ3n) is 6.77. The van der Waals surface area contributed by atoms with Gasteiger partial charge in [0.15, 0.2) is 5.11 Å². The summed E-state index contributed by atoms with van der Waals surface area (Å²) in [7, 11) is 0. The Hall–Kier alpha value is -3.51. The maximum Gasteiger partial charge on any atom is 0.174 e. The fourth-order valence-electron chi connectivity index (χ4n) is 5.29. The lowest BCUT2D eigenvalue weighted by Gasteiger charge is -2.28. The van der Waals surface area contributed by atoms with E-state index in [9.17, 15) is 4.39 Å². The van der Waals surface area contributed by atoms with Crippen LogP contribution in [-0.4, -0.2) is 14.7 Å². The van der Waals surface area contributed by atoms with Crippen molar-refractivity contribution in [1.82, 2.24) is 14.9 Å². The Balaban J connectivity index is 1.70. The lowest BCUT2D eigenvalue weighted by Crippen LogP contribution is -2.29. The van der Waals surface area contributed by atoms with Crippen molar-refractivity contribution in [3.63, 3.8) is 0 Å². The molecule has 4 aromatic rings. The molecular weight excluding hydrogens is 455 g/mol. The lowest BCUT2D eigenvalue weighted by molar-refractivity contribution is 0.564. The number of pyridine rings is 1. The van der Waals surface area contributed by atoms with Gasteiger partial charge in [-0.15, -0.1) is 0 Å². The predicted molar refractivity (Wildman–Crippen MR) is 144 cm³/mol. The predicted octanol–water partition coefficient (Wildman–Crippen LogP) is 6.73. The molecule has 0 radical (unpaired) electrons. The van der Waals surface area contributed by atoms with E-state index in [4.69, 9.17) is 12.2 Å². The first-order valence-corrected chi connectivity index (χ1v) is 12.2. The molecule has 0 unspecified atom stereocenters. The van der Waals surface area contributed by atoms with E-state index in [0.29, 0.717) is 10.7 Å². The van der Waals surface area contributed by atoms with Crippen molar-refractivity contribution in [1.29, 1.82) is 0 Å². The average Bonchev–Trinajstić information content (AvgIpc) is 3.31. The number of anilines is 1. The minimum atomic E-state index is -0.224. The Bertz CT molecular complexity index is 1410.